The predicted molar refractivity (Wildman–Crippen MR) is 139 cm³/mol. The number of benzene rings is 2. The number of ether oxygens (including phenoxy) is 1. The topological polar surface area (TPSA) is 83.5 Å². The first-order valence-electron chi connectivity index (χ1n) is 11.6. The van der Waals surface area contributed by atoms with Crippen molar-refractivity contribution in [3.63, 3.8) is 0 Å². The Labute approximate surface area is 210 Å². The van der Waals surface area contributed by atoms with Gasteiger partial charge in [0.1, 0.15) is 16.7 Å². The average molecular weight is 498 g/mol. The Morgan fingerprint density at radius 2 is 1.61 bits per heavy atom. The molecule has 2 N–H and O–H groups in total. The van der Waals surface area contributed by atoms with Crippen LogP contribution in [0.3, 0.4) is 0 Å². The van der Waals surface area contributed by atoms with Crippen LogP contribution in [-0.4, -0.2) is 19.9 Å². The molecular weight excluding hydrogens is 471 g/mol. The number of pyridine rings is 2. The zero-order chi connectivity index (χ0) is 25.0. The molecule has 180 valence electrons. The molecule has 0 bridgehead atoms. The molecule has 2 aromatic heterocycles. The normalized spacial score (nSPS) is 17.2. The quantitative estimate of drug-likeness (QED) is 0.249. The first-order valence-corrected chi connectivity index (χ1v) is 13.2. The van der Waals surface area contributed by atoms with E-state index in [0.29, 0.717) is 5.75 Å². The van der Waals surface area contributed by atoms with Crippen LogP contribution in [0.1, 0.15) is 12.1 Å². The highest BCUT2D eigenvalue weighted by atomic mass is 31.2. The molecule has 0 saturated heterocycles. The first kappa shape index (κ1) is 23.9. The standard InChI is InChI=1S/C29H25N2O4P/c32-36(33,34)29(16-5-2-6-17-29)22-26-21-24(23-13-18-30-19-14-23)15-20-31(26)25-9-11-28(12-10-25)35-27-7-3-1-4-8-27/h1-16,18-21H,17,22H2,(H-,32,33,34)/p+1. The highest BCUT2D eigenvalue weighted by Gasteiger charge is 2.46. The number of hydrogen-bond donors (Lipinski definition) is 2. The molecule has 0 aliphatic heterocycles. The van der Waals surface area contributed by atoms with Crippen LogP contribution < -0.4 is 9.30 Å². The molecule has 2 aromatic carbocycles. The van der Waals surface area contributed by atoms with Crippen molar-refractivity contribution in [2.75, 3.05) is 0 Å². The third kappa shape index (κ3) is 5.07. The lowest BCUT2D eigenvalue weighted by molar-refractivity contribution is -0.604. The van der Waals surface area contributed by atoms with E-state index in [-0.39, 0.29) is 12.8 Å². The van der Waals surface area contributed by atoms with Crippen LogP contribution >= 0.6 is 7.60 Å². The number of aromatic nitrogens is 2. The largest absolute Gasteiger partial charge is 0.457 e. The maximum atomic E-state index is 12.7. The molecule has 0 spiro atoms. The zero-order valence-electron chi connectivity index (χ0n) is 19.5. The summed E-state index contributed by atoms with van der Waals surface area (Å²) in [5.41, 5.74) is 3.57. The van der Waals surface area contributed by atoms with Crippen LogP contribution in [0.15, 0.2) is 122 Å². The van der Waals surface area contributed by atoms with Gasteiger partial charge < -0.3 is 14.5 Å². The fourth-order valence-electron chi connectivity index (χ4n) is 4.38. The Balaban J connectivity index is 1.55. The summed E-state index contributed by atoms with van der Waals surface area (Å²) in [6, 6.07) is 25.0. The molecule has 5 rings (SSSR count). The van der Waals surface area contributed by atoms with Gasteiger partial charge in [0.05, 0.1) is 6.42 Å². The summed E-state index contributed by atoms with van der Waals surface area (Å²) in [6.45, 7) is 0. The lowest BCUT2D eigenvalue weighted by atomic mass is 9.93. The van der Waals surface area contributed by atoms with E-state index in [9.17, 15) is 14.4 Å². The van der Waals surface area contributed by atoms with Crippen LogP contribution in [0.4, 0.5) is 0 Å². The molecule has 1 atom stereocenters. The SMILES string of the molecule is O=P(O)(O)C1(Cc2cc(-c3ccncc3)cc[n+]2-c2ccc(Oc3ccccc3)cc2)C=CC=CC1. The molecule has 2 heterocycles. The Hall–Kier alpha value is -3.83. The minimum atomic E-state index is -4.46. The van der Waals surface area contributed by atoms with Crippen molar-refractivity contribution < 1.29 is 23.7 Å². The third-order valence-corrected chi connectivity index (χ3v) is 7.98. The molecule has 1 unspecified atom stereocenters. The van der Waals surface area contributed by atoms with E-state index in [1.807, 2.05) is 102 Å². The van der Waals surface area contributed by atoms with Gasteiger partial charge in [0, 0.05) is 36.7 Å². The van der Waals surface area contributed by atoms with Gasteiger partial charge in [0.15, 0.2) is 11.9 Å². The molecule has 0 amide bonds. The number of allylic oxidation sites excluding steroid dienone is 4. The molecule has 1 aliphatic carbocycles. The first-order chi connectivity index (χ1) is 17.4. The van der Waals surface area contributed by atoms with Gasteiger partial charge >= 0.3 is 7.60 Å². The molecule has 0 radical (unpaired) electrons. The van der Waals surface area contributed by atoms with E-state index in [2.05, 4.69) is 4.98 Å². The summed E-state index contributed by atoms with van der Waals surface area (Å²) in [6.07, 6.45) is 12.8. The van der Waals surface area contributed by atoms with Gasteiger partial charge in [0.25, 0.3) is 0 Å². The minimum absolute atomic E-state index is 0.166. The molecular formula is C29H26N2O4P+. The van der Waals surface area contributed by atoms with Gasteiger partial charge in [-0.1, -0.05) is 42.5 Å². The number of hydrogen-bond acceptors (Lipinski definition) is 3. The smallest absolute Gasteiger partial charge is 0.336 e. The summed E-state index contributed by atoms with van der Waals surface area (Å²) in [4.78, 5) is 24.8. The summed E-state index contributed by atoms with van der Waals surface area (Å²) in [5, 5.41) is -1.31. The zero-order valence-corrected chi connectivity index (χ0v) is 20.4. The fraction of sp³-hybridized carbons (Fsp3) is 0.103. The maximum absolute atomic E-state index is 12.7. The molecule has 6 nitrogen and oxygen atoms in total. The maximum Gasteiger partial charge on any atom is 0.336 e. The van der Waals surface area contributed by atoms with Gasteiger partial charge in [-0.3, -0.25) is 9.55 Å². The minimum Gasteiger partial charge on any atom is -0.457 e. The molecule has 4 aromatic rings. The molecule has 1 aliphatic rings. The van der Waals surface area contributed by atoms with Crippen LogP contribution in [0.2, 0.25) is 0 Å². The van der Waals surface area contributed by atoms with Gasteiger partial charge in [-0.05, 0) is 53.9 Å². The van der Waals surface area contributed by atoms with Crippen LogP contribution in [0, 0.1) is 0 Å². The average Bonchev–Trinajstić information content (AvgIpc) is 2.90. The summed E-state index contributed by atoms with van der Waals surface area (Å²) >= 11 is 0. The van der Waals surface area contributed by atoms with Crippen molar-refractivity contribution in [1.29, 1.82) is 0 Å². The van der Waals surface area contributed by atoms with E-state index in [0.717, 1.165) is 28.3 Å². The number of para-hydroxylation sites is 1. The third-order valence-electron chi connectivity index (χ3n) is 6.33. The number of rotatable bonds is 7. The summed E-state index contributed by atoms with van der Waals surface area (Å²) in [7, 11) is -4.46. The predicted octanol–water partition coefficient (Wildman–Crippen LogP) is 5.79. The second-order valence-corrected chi connectivity index (χ2v) is 10.7. The van der Waals surface area contributed by atoms with Crippen molar-refractivity contribution >= 4 is 7.60 Å². The molecule has 7 heteroatoms. The molecule has 36 heavy (non-hydrogen) atoms. The van der Waals surface area contributed by atoms with E-state index < -0.39 is 12.8 Å². The van der Waals surface area contributed by atoms with E-state index in [1.165, 1.54) is 0 Å². The van der Waals surface area contributed by atoms with Crippen LogP contribution in [-0.2, 0) is 11.0 Å². The van der Waals surface area contributed by atoms with Crippen molar-refractivity contribution in [2.45, 2.75) is 18.0 Å². The Bertz CT molecular complexity index is 1450. The summed E-state index contributed by atoms with van der Waals surface area (Å²) < 4.78 is 20.6. The monoisotopic (exact) mass is 497 g/mol. The van der Waals surface area contributed by atoms with Crippen molar-refractivity contribution in [3.8, 4) is 28.3 Å². The summed E-state index contributed by atoms with van der Waals surface area (Å²) in [5.74, 6) is 1.45. The highest BCUT2D eigenvalue weighted by Crippen LogP contribution is 2.56. The highest BCUT2D eigenvalue weighted by molar-refractivity contribution is 7.53. The second-order valence-electron chi connectivity index (χ2n) is 8.74. The van der Waals surface area contributed by atoms with E-state index in [4.69, 9.17) is 4.74 Å². The van der Waals surface area contributed by atoms with Gasteiger partial charge in [-0.25, -0.2) is 0 Å². The van der Waals surface area contributed by atoms with Gasteiger partial charge in [0.2, 0.25) is 5.69 Å². The fourth-order valence-corrected chi connectivity index (χ4v) is 5.37. The van der Waals surface area contributed by atoms with Crippen molar-refractivity contribution in [2.24, 2.45) is 0 Å². The molecule has 0 fully saturated rings. The van der Waals surface area contributed by atoms with Gasteiger partial charge in [-0.15, -0.1) is 0 Å². The Morgan fingerprint density at radius 1 is 0.889 bits per heavy atom. The van der Waals surface area contributed by atoms with Crippen molar-refractivity contribution in [1.82, 2.24) is 4.98 Å². The lowest BCUT2D eigenvalue weighted by Crippen LogP contribution is -2.41. The lowest BCUT2D eigenvalue weighted by Gasteiger charge is -2.31. The van der Waals surface area contributed by atoms with Crippen LogP contribution in [0.5, 0.6) is 11.5 Å². The van der Waals surface area contributed by atoms with Crippen molar-refractivity contribution in [3.05, 3.63) is 127 Å². The van der Waals surface area contributed by atoms with Crippen LogP contribution in [0.25, 0.3) is 16.8 Å². The molecule has 0 saturated carbocycles. The van der Waals surface area contributed by atoms with E-state index >= 15 is 0 Å². The van der Waals surface area contributed by atoms with Gasteiger partial charge in [-0.2, -0.15) is 4.57 Å². The Morgan fingerprint density at radius 3 is 2.28 bits per heavy atom. The number of nitrogens with zero attached hydrogens (tertiary/aromatic N) is 2. The Kier molecular flexibility index (Phi) is 6.66. The second kappa shape index (κ2) is 10.0. The van der Waals surface area contributed by atoms with E-state index in [1.54, 1.807) is 24.5 Å².